The average molecular weight is 559 g/mol. The predicted octanol–water partition coefficient (Wildman–Crippen LogP) is 3.17. The van der Waals surface area contributed by atoms with Crippen LogP contribution < -0.4 is 11.1 Å². The third-order valence-electron chi connectivity index (χ3n) is 6.85. The van der Waals surface area contributed by atoms with Gasteiger partial charge in [-0.05, 0) is 37.0 Å². The summed E-state index contributed by atoms with van der Waals surface area (Å²) in [7, 11) is 0. The van der Waals surface area contributed by atoms with Crippen molar-refractivity contribution in [1.82, 2.24) is 25.1 Å². The second-order valence-electron chi connectivity index (χ2n) is 9.86. The van der Waals surface area contributed by atoms with Gasteiger partial charge in [-0.15, -0.1) is 0 Å². The maximum atomic E-state index is 13.2. The van der Waals surface area contributed by atoms with Crippen LogP contribution in [-0.4, -0.2) is 76.0 Å². The molecule has 12 heteroatoms. The van der Waals surface area contributed by atoms with Crippen molar-refractivity contribution in [2.45, 2.75) is 50.5 Å². The molecule has 0 bridgehead atoms. The minimum atomic E-state index is -4.53. The van der Waals surface area contributed by atoms with Crippen molar-refractivity contribution in [2.75, 3.05) is 26.2 Å². The summed E-state index contributed by atoms with van der Waals surface area (Å²) in [5.41, 5.74) is 7.01. The third-order valence-corrected chi connectivity index (χ3v) is 6.85. The summed E-state index contributed by atoms with van der Waals surface area (Å²) in [5.74, 6) is -0.188. The Bertz CT molecular complexity index is 1240. The van der Waals surface area contributed by atoms with E-state index in [2.05, 4.69) is 15.3 Å². The van der Waals surface area contributed by atoms with Crippen molar-refractivity contribution in [2.24, 2.45) is 5.73 Å². The second-order valence-corrected chi connectivity index (χ2v) is 9.86. The highest BCUT2D eigenvalue weighted by atomic mass is 19.4. The summed E-state index contributed by atoms with van der Waals surface area (Å²) in [4.78, 5) is 37.1. The maximum Gasteiger partial charge on any atom is 0.405 e. The lowest BCUT2D eigenvalue weighted by Gasteiger charge is -2.44. The molecule has 2 atom stereocenters. The standard InChI is InChI=1S/C28H33F3N6O3/c29-28(30,31)19-35-27(39)23-17-36(18-26-34-16-24(40-26)22-10-4-5-12-33-22)13-14-37(23)21(9-6-11-25(32)38)15-20-7-2-1-3-8-20/h1-5,7-8,10,12,16,21,23H,6,9,11,13-15,17-19H2,(H2,32,38)(H,35,39). The van der Waals surface area contributed by atoms with Crippen LogP contribution in [0.25, 0.3) is 11.5 Å². The number of amides is 2. The number of hydrogen-bond acceptors (Lipinski definition) is 7. The van der Waals surface area contributed by atoms with Crippen molar-refractivity contribution in [3.05, 3.63) is 72.4 Å². The number of rotatable bonds is 12. The first kappa shape index (κ1) is 29.2. The van der Waals surface area contributed by atoms with E-state index in [-0.39, 0.29) is 25.6 Å². The molecule has 40 heavy (non-hydrogen) atoms. The van der Waals surface area contributed by atoms with Crippen molar-refractivity contribution < 1.29 is 27.2 Å². The van der Waals surface area contributed by atoms with E-state index in [0.717, 1.165) is 5.56 Å². The smallest absolute Gasteiger partial charge is 0.405 e. The maximum absolute atomic E-state index is 13.2. The number of halogens is 3. The highest BCUT2D eigenvalue weighted by Crippen LogP contribution is 2.24. The molecule has 0 spiro atoms. The van der Waals surface area contributed by atoms with Crippen LogP contribution in [-0.2, 0) is 22.6 Å². The van der Waals surface area contributed by atoms with Gasteiger partial charge in [0, 0.05) is 38.3 Å². The lowest BCUT2D eigenvalue weighted by Crippen LogP contribution is -2.62. The third kappa shape index (κ3) is 8.62. The highest BCUT2D eigenvalue weighted by Gasteiger charge is 2.38. The monoisotopic (exact) mass is 558 g/mol. The number of alkyl halides is 3. The van der Waals surface area contributed by atoms with E-state index in [1.807, 2.05) is 46.2 Å². The van der Waals surface area contributed by atoms with Gasteiger partial charge in [0.2, 0.25) is 17.7 Å². The zero-order valence-electron chi connectivity index (χ0n) is 22.0. The van der Waals surface area contributed by atoms with E-state index in [0.29, 0.717) is 49.7 Å². The molecule has 3 aromatic rings. The summed E-state index contributed by atoms with van der Waals surface area (Å²) in [6, 6.07) is 14.1. The molecule has 1 aromatic carbocycles. The summed E-state index contributed by atoms with van der Waals surface area (Å²) in [6.07, 6.45) is 0.547. The Morgan fingerprint density at radius 1 is 1.10 bits per heavy atom. The number of hydrogen-bond donors (Lipinski definition) is 2. The lowest BCUT2D eigenvalue weighted by atomic mass is 9.96. The van der Waals surface area contributed by atoms with Gasteiger partial charge in [0.15, 0.2) is 5.76 Å². The van der Waals surface area contributed by atoms with Crippen LogP contribution >= 0.6 is 0 Å². The zero-order chi connectivity index (χ0) is 28.5. The van der Waals surface area contributed by atoms with Gasteiger partial charge in [0.1, 0.15) is 18.3 Å². The molecular weight excluding hydrogens is 525 g/mol. The second kappa shape index (κ2) is 13.5. The molecule has 1 aliphatic heterocycles. The Labute approximate surface area is 230 Å². The fourth-order valence-corrected chi connectivity index (χ4v) is 4.96. The van der Waals surface area contributed by atoms with Crippen LogP contribution in [0.5, 0.6) is 0 Å². The Kier molecular flexibility index (Phi) is 9.88. The van der Waals surface area contributed by atoms with E-state index in [1.165, 1.54) is 0 Å². The van der Waals surface area contributed by atoms with E-state index in [1.54, 1.807) is 24.5 Å². The number of oxazole rings is 1. The first-order chi connectivity index (χ1) is 19.2. The first-order valence-corrected chi connectivity index (χ1v) is 13.2. The van der Waals surface area contributed by atoms with Gasteiger partial charge >= 0.3 is 6.18 Å². The van der Waals surface area contributed by atoms with E-state index < -0.39 is 30.6 Å². The number of pyridine rings is 1. The fraction of sp³-hybridized carbons (Fsp3) is 0.429. The Hall–Kier alpha value is -3.77. The quantitative estimate of drug-likeness (QED) is 0.351. The van der Waals surface area contributed by atoms with Crippen LogP contribution in [0.15, 0.2) is 65.3 Å². The molecule has 0 saturated carbocycles. The molecule has 1 saturated heterocycles. The van der Waals surface area contributed by atoms with Crippen molar-refractivity contribution in [1.29, 1.82) is 0 Å². The zero-order valence-corrected chi connectivity index (χ0v) is 22.0. The Balaban J connectivity index is 1.51. The van der Waals surface area contributed by atoms with Gasteiger partial charge in [-0.1, -0.05) is 36.4 Å². The topological polar surface area (TPSA) is 118 Å². The van der Waals surface area contributed by atoms with E-state index in [4.69, 9.17) is 10.2 Å². The number of benzene rings is 1. The van der Waals surface area contributed by atoms with Gasteiger partial charge in [-0.3, -0.25) is 24.4 Å². The first-order valence-electron chi connectivity index (χ1n) is 13.2. The van der Waals surface area contributed by atoms with Crippen LogP contribution in [0, 0.1) is 0 Å². The molecule has 2 aromatic heterocycles. The number of nitrogens with two attached hydrogens (primary N) is 1. The minimum Gasteiger partial charge on any atom is -0.438 e. The molecule has 1 aliphatic rings. The molecule has 2 amide bonds. The summed E-state index contributed by atoms with van der Waals surface area (Å²) < 4.78 is 44.8. The summed E-state index contributed by atoms with van der Waals surface area (Å²) in [6.45, 7) is 0.0483. The SMILES string of the molecule is NC(=O)CCCC(Cc1ccccc1)N1CCN(Cc2ncc(-c3ccccn3)o2)CC1C(=O)NCC(F)(F)F. The van der Waals surface area contributed by atoms with Crippen molar-refractivity contribution >= 4 is 11.8 Å². The normalized spacial score (nSPS) is 17.4. The Morgan fingerprint density at radius 2 is 1.88 bits per heavy atom. The molecule has 0 radical (unpaired) electrons. The van der Waals surface area contributed by atoms with E-state index in [9.17, 15) is 22.8 Å². The van der Waals surface area contributed by atoms with Crippen molar-refractivity contribution in [3.63, 3.8) is 0 Å². The molecule has 9 nitrogen and oxygen atoms in total. The fourth-order valence-electron chi connectivity index (χ4n) is 4.96. The number of carbonyl (C=O) groups excluding carboxylic acids is 2. The molecule has 214 valence electrons. The Morgan fingerprint density at radius 3 is 2.58 bits per heavy atom. The molecule has 2 unspecified atom stereocenters. The predicted molar refractivity (Wildman–Crippen MR) is 142 cm³/mol. The van der Waals surface area contributed by atoms with Crippen molar-refractivity contribution in [3.8, 4) is 11.5 Å². The molecule has 3 N–H and O–H groups in total. The largest absolute Gasteiger partial charge is 0.438 e. The summed E-state index contributed by atoms with van der Waals surface area (Å²) in [5, 5.41) is 2.07. The average Bonchev–Trinajstić information content (AvgIpc) is 3.40. The van der Waals surface area contributed by atoms with Crippen LogP contribution in [0.4, 0.5) is 13.2 Å². The molecule has 0 aliphatic carbocycles. The molecule has 1 fully saturated rings. The van der Waals surface area contributed by atoms with E-state index >= 15 is 0 Å². The highest BCUT2D eigenvalue weighted by molar-refractivity contribution is 5.82. The van der Waals surface area contributed by atoms with Crippen LogP contribution in [0.2, 0.25) is 0 Å². The van der Waals surface area contributed by atoms with Gasteiger partial charge in [0.05, 0.1) is 12.7 Å². The molecular formula is C28H33F3N6O3. The van der Waals surface area contributed by atoms with Gasteiger partial charge in [-0.2, -0.15) is 13.2 Å². The number of nitrogens with one attached hydrogen (secondary N) is 1. The number of piperazine rings is 1. The number of primary amides is 1. The molecule has 4 rings (SSSR count). The van der Waals surface area contributed by atoms with Gasteiger partial charge in [0.25, 0.3) is 0 Å². The minimum absolute atomic E-state index is 0.178. The summed E-state index contributed by atoms with van der Waals surface area (Å²) >= 11 is 0. The van der Waals surface area contributed by atoms with Gasteiger partial charge < -0.3 is 15.5 Å². The molecule has 3 heterocycles. The van der Waals surface area contributed by atoms with Crippen LogP contribution in [0.3, 0.4) is 0 Å². The number of nitrogens with zero attached hydrogens (tertiary/aromatic N) is 4. The number of carbonyl (C=O) groups is 2. The number of aromatic nitrogens is 2. The van der Waals surface area contributed by atoms with Crippen LogP contribution in [0.1, 0.15) is 30.7 Å². The van der Waals surface area contributed by atoms with Gasteiger partial charge in [-0.25, -0.2) is 4.98 Å². The lowest BCUT2D eigenvalue weighted by molar-refractivity contribution is -0.144.